The minimum absolute atomic E-state index is 0.0712. The number of amides is 1. The first kappa shape index (κ1) is 18.0. The first-order chi connectivity index (χ1) is 11.7. The fourth-order valence-corrected chi connectivity index (χ4v) is 2.25. The van der Waals surface area contributed by atoms with Crippen molar-refractivity contribution >= 4 is 23.0 Å². The van der Waals surface area contributed by atoms with Gasteiger partial charge < -0.3 is 14.4 Å². The Morgan fingerprint density at radius 2 is 1.88 bits per heavy atom. The minimum atomic E-state index is -0.0712. The van der Waals surface area contributed by atoms with Crippen LogP contribution in [0.1, 0.15) is 12.1 Å². The van der Waals surface area contributed by atoms with Crippen molar-refractivity contribution in [3.05, 3.63) is 42.2 Å². The zero-order valence-corrected chi connectivity index (χ0v) is 14.1. The number of methoxy groups -OCH3 is 2. The van der Waals surface area contributed by atoms with E-state index >= 15 is 0 Å². The van der Waals surface area contributed by atoms with Crippen LogP contribution in [0, 0.1) is 0 Å². The maximum Gasteiger partial charge on any atom is 0.246 e. The van der Waals surface area contributed by atoms with Crippen molar-refractivity contribution in [3.8, 4) is 0 Å². The lowest BCUT2D eigenvalue weighted by Gasteiger charge is -2.20. The van der Waals surface area contributed by atoms with E-state index in [1.165, 1.54) is 6.08 Å². The Labute approximate surface area is 142 Å². The zero-order valence-electron chi connectivity index (χ0n) is 14.1. The summed E-state index contributed by atoms with van der Waals surface area (Å²) in [6, 6.07) is 7.64. The molecule has 6 nitrogen and oxygen atoms in total. The molecule has 0 aliphatic rings. The Bertz CT molecular complexity index is 688. The summed E-state index contributed by atoms with van der Waals surface area (Å²) in [5.74, 6) is -0.0712. The molecule has 0 saturated carbocycles. The van der Waals surface area contributed by atoms with Crippen molar-refractivity contribution in [1.82, 2.24) is 14.9 Å². The molecule has 2 rings (SSSR count). The predicted molar refractivity (Wildman–Crippen MR) is 93.5 cm³/mol. The molecule has 1 amide bonds. The average molecular weight is 329 g/mol. The van der Waals surface area contributed by atoms with E-state index in [1.807, 2.05) is 24.3 Å². The molecule has 0 radical (unpaired) electrons. The third kappa shape index (κ3) is 5.40. The molecule has 0 saturated heterocycles. The summed E-state index contributed by atoms with van der Waals surface area (Å²) >= 11 is 0. The van der Waals surface area contributed by atoms with Crippen molar-refractivity contribution < 1.29 is 14.3 Å². The Kier molecular flexibility index (Phi) is 7.32. The fraction of sp³-hybridized carbons (Fsp3) is 0.389. The topological polar surface area (TPSA) is 64.6 Å². The molecule has 0 unspecified atom stereocenters. The number of para-hydroxylation sites is 2. The molecule has 1 aromatic heterocycles. The second-order valence-corrected chi connectivity index (χ2v) is 5.28. The van der Waals surface area contributed by atoms with Crippen molar-refractivity contribution in [2.24, 2.45) is 0 Å². The van der Waals surface area contributed by atoms with Gasteiger partial charge >= 0.3 is 0 Å². The summed E-state index contributed by atoms with van der Waals surface area (Å²) in [6.45, 7) is 2.30. The number of aromatic nitrogens is 2. The van der Waals surface area contributed by atoms with E-state index < -0.39 is 0 Å². The summed E-state index contributed by atoms with van der Waals surface area (Å²) in [4.78, 5) is 22.9. The minimum Gasteiger partial charge on any atom is -0.385 e. The van der Waals surface area contributed by atoms with Crippen LogP contribution < -0.4 is 0 Å². The Balaban J connectivity index is 2.03. The number of carbonyl (C=O) groups is 1. The van der Waals surface area contributed by atoms with Gasteiger partial charge in [-0.3, -0.25) is 9.78 Å². The smallest absolute Gasteiger partial charge is 0.246 e. The number of hydrogen-bond donors (Lipinski definition) is 0. The van der Waals surface area contributed by atoms with Crippen LogP contribution in [-0.2, 0) is 14.3 Å². The fourth-order valence-electron chi connectivity index (χ4n) is 2.25. The van der Waals surface area contributed by atoms with Crippen molar-refractivity contribution in [2.45, 2.75) is 6.42 Å². The number of rotatable bonds is 9. The van der Waals surface area contributed by atoms with Crippen LogP contribution in [0.4, 0.5) is 0 Å². The maximum atomic E-state index is 12.4. The molecule has 0 aliphatic heterocycles. The van der Waals surface area contributed by atoms with Crippen LogP contribution in [0.15, 0.2) is 36.5 Å². The van der Waals surface area contributed by atoms with Gasteiger partial charge in [-0.2, -0.15) is 0 Å². The summed E-state index contributed by atoms with van der Waals surface area (Å²) in [5.41, 5.74) is 2.30. The molecular formula is C18H23N3O3. The first-order valence-electron chi connectivity index (χ1n) is 7.91. The molecule has 128 valence electrons. The van der Waals surface area contributed by atoms with E-state index in [2.05, 4.69) is 9.97 Å². The van der Waals surface area contributed by atoms with Gasteiger partial charge in [-0.05, 0) is 24.6 Å². The second-order valence-electron chi connectivity index (χ2n) is 5.28. The SMILES string of the molecule is COCCCN(CCOC)C(=O)/C=C/c1cnc2ccccc2n1. The Hall–Kier alpha value is -2.31. The number of ether oxygens (including phenoxy) is 2. The van der Waals surface area contributed by atoms with Gasteiger partial charge in [0.2, 0.25) is 5.91 Å². The Morgan fingerprint density at radius 1 is 1.12 bits per heavy atom. The van der Waals surface area contributed by atoms with Gasteiger partial charge in [-0.1, -0.05) is 12.1 Å². The summed E-state index contributed by atoms with van der Waals surface area (Å²) in [7, 11) is 3.28. The second kappa shape index (κ2) is 9.75. The van der Waals surface area contributed by atoms with Crippen LogP contribution in [0.5, 0.6) is 0 Å². The number of carbonyl (C=O) groups excluding carboxylic acids is 1. The van der Waals surface area contributed by atoms with Gasteiger partial charge in [-0.25, -0.2) is 4.98 Å². The van der Waals surface area contributed by atoms with Crippen molar-refractivity contribution in [2.75, 3.05) is 40.5 Å². The van der Waals surface area contributed by atoms with E-state index in [4.69, 9.17) is 9.47 Å². The van der Waals surface area contributed by atoms with E-state index in [0.29, 0.717) is 32.0 Å². The lowest BCUT2D eigenvalue weighted by molar-refractivity contribution is -0.126. The third-order valence-corrected chi connectivity index (χ3v) is 3.52. The van der Waals surface area contributed by atoms with Gasteiger partial charge in [0.1, 0.15) is 0 Å². The van der Waals surface area contributed by atoms with Gasteiger partial charge in [0.25, 0.3) is 0 Å². The van der Waals surface area contributed by atoms with Crippen LogP contribution >= 0.6 is 0 Å². The lowest BCUT2D eigenvalue weighted by atomic mass is 10.3. The van der Waals surface area contributed by atoms with E-state index in [-0.39, 0.29) is 5.91 Å². The molecule has 0 aliphatic carbocycles. The number of benzene rings is 1. The first-order valence-corrected chi connectivity index (χ1v) is 7.91. The van der Waals surface area contributed by atoms with Crippen LogP contribution in [0.2, 0.25) is 0 Å². The van der Waals surface area contributed by atoms with Gasteiger partial charge in [0.15, 0.2) is 0 Å². The largest absolute Gasteiger partial charge is 0.385 e. The van der Waals surface area contributed by atoms with Crippen LogP contribution in [0.25, 0.3) is 17.1 Å². The normalized spacial score (nSPS) is 11.2. The van der Waals surface area contributed by atoms with E-state index in [0.717, 1.165) is 17.5 Å². The van der Waals surface area contributed by atoms with E-state index in [9.17, 15) is 4.79 Å². The molecule has 1 aromatic carbocycles. The summed E-state index contributed by atoms with van der Waals surface area (Å²) in [5, 5.41) is 0. The highest BCUT2D eigenvalue weighted by Crippen LogP contribution is 2.09. The lowest BCUT2D eigenvalue weighted by Crippen LogP contribution is -2.34. The molecule has 24 heavy (non-hydrogen) atoms. The van der Waals surface area contributed by atoms with Crippen LogP contribution in [-0.4, -0.2) is 61.3 Å². The molecule has 0 fully saturated rings. The van der Waals surface area contributed by atoms with Crippen LogP contribution in [0.3, 0.4) is 0 Å². The monoisotopic (exact) mass is 329 g/mol. The van der Waals surface area contributed by atoms with E-state index in [1.54, 1.807) is 31.4 Å². The highest BCUT2D eigenvalue weighted by molar-refractivity contribution is 5.91. The third-order valence-electron chi connectivity index (χ3n) is 3.52. The highest BCUT2D eigenvalue weighted by Gasteiger charge is 2.10. The molecule has 1 heterocycles. The average Bonchev–Trinajstić information content (AvgIpc) is 2.62. The highest BCUT2D eigenvalue weighted by atomic mass is 16.5. The number of nitrogens with zero attached hydrogens (tertiary/aromatic N) is 3. The zero-order chi connectivity index (χ0) is 17.2. The van der Waals surface area contributed by atoms with Crippen molar-refractivity contribution in [1.29, 1.82) is 0 Å². The molecular weight excluding hydrogens is 306 g/mol. The molecule has 0 atom stereocenters. The van der Waals surface area contributed by atoms with Gasteiger partial charge in [-0.15, -0.1) is 0 Å². The standard InChI is InChI=1S/C18H23N3O3/c1-23-12-5-10-21(11-13-24-2)18(22)9-8-15-14-19-16-6-3-4-7-17(16)20-15/h3-4,6-9,14H,5,10-13H2,1-2H3/b9-8+. The molecule has 0 bridgehead atoms. The van der Waals surface area contributed by atoms with Gasteiger partial charge in [0, 0.05) is 40.0 Å². The molecule has 6 heteroatoms. The Morgan fingerprint density at radius 3 is 2.62 bits per heavy atom. The maximum absolute atomic E-state index is 12.4. The van der Waals surface area contributed by atoms with Crippen molar-refractivity contribution in [3.63, 3.8) is 0 Å². The molecule has 2 aromatic rings. The summed E-state index contributed by atoms with van der Waals surface area (Å²) in [6.07, 6.45) is 5.67. The number of fused-ring (bicyclic) bond motifs is 1. The molecule has 0 spiro atoms. The summed E-state index contributed by atoms with van der Waals surface area (Å²) < 4.78 is 10.1. The predicted octanol–water partition coefficient (Wildman–Crippen LogP) is 2.15. The van der Waals surface area contributed by atoms with Gasteiger partial charge in [0.05, 0.1) is 29.5 Å². The molecule has 0 N–H and O–H groups in total. The quantitative estimate of drug-likeness (QED) is 0.521. The number of hydrogen-bond acceptors (Lipinski definition) is 5.